The molecule has 1 heterocycles. The van der Waals surface area contributed by atoms with E-state index in [0.29, 0.717) is 24.9 Å². The van der Waals surface area contributed by atoms with E-state index < -0.39 is 9.15 Å². The first-order valence-corrected chi connectivity index (χ1v) is 9.81. The predicted octanol–water partition coefficient (Wildman–Crippen LogP) is 1.94. The first-order valence-electron chi connectivity index (χ1n) is 8.74. The number of rotatable bonds is 3. The van der Waals surface area contributed by atoms with Crippen molar-refractivity contribution in [3.05, 3.63) is 0 Å². The third-order valence-electron chi connectivity index (χ3n) is 6.43. The number of halogens is 1. The number of hydrogen-bond donors (Lipinski definition) is 2. The van der Waals surface area contributed by atoms with Gasteiger partial charge in [0.15, 0.2) is 3.55 Å². The summed E-state index contributed by atoms with van der Waals surface area (Å²) in [5.74, 6) is 1.25. The molecule has 1 saturated heterocycles. The Kier molecular flexibility index (Phi) is 3.71. The summed E-state index contributed by atoms with van der Waals surface area (Å²) in [6, 6.07) is 2.30. The molecule has 5 rings (SSSR count). The molecule has 5 fully saturated rings. The molecule has 0 aromatic heterocycles. The highest BCUT2D eigenvalue weighted by Crippen LogP contribution is 2.57. The highest BCUT2D eigenvalue weighted by atomic mass is 127. The minimum atomic E-state index is -0.670. The van der Waals surface area contributed by atoms with Crippen molar-refractivity contribution in [2.45, 2.75) is 66.1 Å². The fourth-order valence-corrected chi connectivity index (χ4v) is 6.89. The second kappa shape index (κ2) is 5.30. The van der Waals surface area contributed by atoms with Crippen molar-refractivity contribution in [2.24, 2.45) is 11.8 Å². The zero-order valence-corrected chi connectivity index (χ0v) is 15.5. The summed E-state index contributed by atoms with van der Waals surface area (Å²) in [6.07, 6.45) is 7.75. The van der Waals surface area contributed by atoms with Gasteiger partial charge in [-0.25, -0.2) is 0 Å². The molecular formula is C17H24IN3O2. The van der Waals surface area contributed by atoms with Gasteiger partial charge >= 0.3 is 0 Å². The molecule has 5 aliphatic rings. The topological polar surface area (TPSA) is 76.4 Å². The Morgan fingerprint density at radius 3 is 2.65 bits per heavy atom. The molecular weight excluding hydrogens is 405 g/mol. The maximum absolute atomic E-state index is 12.6. The van der Waals surface area contributed by atoms with Gasteiger partial charge < -0.3 is 15.3 Å². The fourth-order valence-electron chi connectivity index (χ4n) is 6.00. The van der Waals surface area contributed by atoms with Crippen LogP contribution >= 0.6 is 22.6 Å². The zero-order chi connectivity index (χ0) is 16.3. The number of carbonyl (C=O) groups is 1. The molecule has 4 bridgehead atoms. The summed E-state index contributed by atoms with van der Waals surface area (Å²) in [5.41, 5.74) is -0.567. The number of alkyl halides is 1. The van der Waals surface area contributed by atoms with Crippen LogP contribution in [-0.2, 0) is 4.79 Å². The Morgan fingerprint density at radius 1 is 1.35 bits per heavy atom. The van der Waals surface area contributed by atoms with E-state index in [9.17, 15) is 15.2 Å². The third-order valence-corrected chi connectivity index (χ3v) is 7.80. The number of likely N-dealkylation sites (tertiary alicyclic amines) is 1. The average Bonchev–Trinajstić information content (AvgIpc) is 2.85. The lowest BCUT2D eigenvalue weighted by Gasteiger charge is -2.60. The van der Waals surface area contributed by atoms with Gasteiger partial charge in [0.2, 0.25) is 5.91 Å². The van der Waals surface area contributed by atoms with Crippen LogP contribution in [0.5, 0.6) is 0 Å². The van der Waals surface area contributed by atoms with Crippen molar-refractivity contribution >= 4 is 28.5 Å². The average molecular weight is 429 g/mol. The van der Waals surface area contributed by atoms with Gasteiger partial charge in [0.05, 0.1) is 12.1 Å². The minimum Gasteiger partial charge on any atom is -0.390 e. The van der Waals surface area contributed by atoms with Crippen molar-refractivity contribution in [3.63, 3.8) is 0 Å². The molecule has 1 amide bonds. The van der Waals surface area contributed by atoms with Crippen LogP contribution in [0.15, 0.2) is 0 Å². The van der Waals surface area contributed by atoms with Crippen LogP contribution in [0.2, 0.25) is 0 Å². The van der Waals surface area contributed by atoms with E-state index in [4.69, 9.17) is 0 Å². The van der Waals surface area contributed by atoms with E-state index in [0.717, 1.165) is 44.9 Å². The Labute approximate surface area is 150 Å². The molecule has 4 aliphatic carbocycles. The number of nitrogens with zero attached hydrogens (tertiary/aromatic N) is 2. The normalized spacial score (nSPS) is 47.8. The molecule has 4 saturated carbocycles. The number of aliphatic hydroxyl groups is 1. The lowest BCUT2D eigenvalue weighted by molar-refractivity contribution is -0.147. The second-order valence-corrected chi connectivity index (χ2v) is 10.1. The Morgan fingerprint density at radius 2 is 2.04 bits per heavy atom. The molecule has 1 aliphatic heterocycles. The molecule has 0 radical (unpaired) electrons. The van der Waals surface area contributed by atoms with Gasteiger partial charge in [0.25, 0.3) is 0 Å². The van der Waals surface area contributed by atoms with Crippen LogP contribution in [0.25, 0.3) is 0 Å². The largest absolute Gasteiger partial charge is 0.390 e. The maximum atomic E-state index is 12.6. The van der Waals surface area contributed by atoms with E-state index in [1.807, 2.05) is 0 Å². The Balaban J connectivity index is 1.43. The van der Waals surface area contributed by atoms with Crippen molar-refractivity contribution < 1.29 is 9.90 Å². The quantitative estimate of drug-likeness (QED) is 0.409. The first-order chi connectivity index (χ1) is 10.9. The van der Waals surface area contributed by atoms with Crippen LogP contribution < -0.4 is 5.32 Å². The standard InChI is InChI=1S/C17H24IN3O2/c18-17(11-19)2-1-3-21(17)14(22)9-20-15-5-12-4-13(6-15)8-16(23,7-12)10-15/h12-13,20,23H,1-10H2. The molecule has 2 N–H and O–H groups in total. The van der Waals surface area contributed by atoms with E-state index in [-0.39, 0.29) is 11.4 Å². The molecule has 0 aromatic carbocycles. The van der Waals surface area contributed by atoms with Crippen LogP contribution in [-0.4, -0.2) is 43.7 Å². The zero-order valence-electron chi connectivity index (χ0n) is 13.4. The van der Waals surface area contributed by atoms with Crippen molar-refractivity contribution in [1.82, 2.24) is 10.2 Å². The number of nitriles is 1. The van der Waals surface area contributed by atoms with Gasteiger partial charge in [-0.05, 0) is 85.8 Å². The van der Waals surface area contributed by atoms with Gasteiger partial charge in [-0.2, -0.15) is 5.26 Å². The van der Waals surface area contributed by atoms with Crippen LogP contribution in [0.3, 0.4) is 0 Å². The second-order valence-electron chi connectivity index (χ2n) is 8.34. The molecule has 5 nitrogen and oxygen atoms in total. The van der Waals surface area contributed by atoms with Gasteiger partial charge in [-0.15, -0.1) is 0 Å². The fraction of sp³-hybridized carbons (Fsp3) is 0.882. The molecule has 6 heteroatoms. The van der Waals surface area contributed by atoms with Gasteiger partial charge in [0, 0.05) is 12.1 Å². The molecule has 0 spiro atoms. The molecule has 23 heavy (non-hydrogen) atoms. The Bertz CT molecular complexity index is 561. The molecule has 126 valence electrons. The molecule has 0 aromatic rings. The first kappa shape index (κ1) is 16.1. The lowest BCUT2D eigenvalue weighted by Crippen LogP contribution is -2.65. The number of amides is 1. The maximum Gasteiger partial charge on any atom is 0.238 e. The summed E-state index contributed by atoms with van der Waals surface area (Å²) >= 11 is 2.12. The smallest absolute Gasteiger partial charge is 0.238 e. The van der Waals surface area contributed by atoms with Gasteiger partial charge in [-0.1, -0.05) is 0 Å². The van der Waals surface area contributed by atoms with Gasteiger partial charge in [0.1, 0.15) is 6.07 Å². The summed E-state index contributed by atoms with van der Waals surface area (Å²) < 4.78 is -0.670. The monoisotopic (exact) mass is 429 g/mol. The lowest BCUT2D eigenvalue weighted by atomic mass is 9.51. The third kappa shape index (κ3) is 2.69. The van der Waals surface area contributed by atoms with Crippen molar-refractivity contribution in [2.75, 3.05) is 13.1 Å². The molecule has 3 unspecified atom stereocenters. The van der Waals surface area contributed by atoms with Crippen molar-refractivity contribution in [1.29, 1.82) is 5.26 Å². The predicted molar refractivity (Wildman–Crippen MR) is 93.7 cm³/mol. The van der Waals surface area contributed by atoms with Gasteiger partial charge in [-0.3, -0.25) is 4.79 Å². The SMILES string of the molecule is N#CC1(I)CCCN1C(=O)CNC12CC3CC(CC(O)(C3)C1)C2. The summed E-state index contributed by atoms with van der Waals surface area (Å²) in [4.78, 5) is 14.4. The summed E-state index contributed by atoms with van der Waals surface area (Å²) in [6.45, 7) is 0.973. The van der Waals surface area contributed by atoms with E-state index in [1.165, 1.54) is 6.42 Å². The Hall–Kier alpha value is -0.390. The highest BCUT2D eigenvalue weighted by Gasteiger charge is 2.57. The molecule has 3 atom stereocenters. The van der Waals surface area contributed by atoms with Crippen LogP contribution in [0.1, 0.15) is 51.4 Å². The van der Waals surface area contributed by atoms with Crippen LogP contribution in [0, 0.1) is 23.2 Å². The summed E-state index contributed by atoms with van der Waals surface area (Å²) in [7, 11) is 0. The van der Waals surface area contributed by atoms with E-state index in [2.05, 4.69) is 34.0 Å². The highest BCUT2D eigenvalue weighted by molar-refractivity contribution is 14.1. The van der Waals surface area contributed by atoms with Crippen LogP contribution in [0.4, 0.5) is 0 Å². The van der Waals surface area contributed by atoms with Crippen molar-refractivity contribution in [3.8, 4) is 6.07 Å². The minimum absolute atomic E-state index is 0.0289. The summed E-state index contributed by atoms with van der Waals surface area (Å²) in [5, 5.41) is 23.7. The number of carbonyl (C=O) groups excluding carboxylic acids is 1. The van der Waals surface area contributed by atoms with E-state index >= 15 is 0 Å². The van der Waals surface area contributed by atoms with E-state index in [1.54, 1.807) is 4.90 Å². The number of nitrogens with one attached hydrogen (secondary N) is 1. The number of hydrogen-bond acceptors (Lipinski definition) is 4.